The van der Waals surface area contributed by atoms with Crippen LogP contribution in [0.2, 0.25) is 0 Å². The molecule has 0 saturated heterocycles. The molecule has 24 heavy (non-hydrogen) atoms. The Kier molecular flexibility index (Phi) is 4.90. The van der Waals surface area contributed by atoms with E-state index in [1.165, 1.54) is 5.56 Å². The number of hydrogen-bond acceptors (Lipinski definition) is 3. The third-order valence-corrected chi connectivity index (χ3v) is 5.88. The summed E-state index contributed by atoms with van der Waals surface area (Å²) < 4.78 is 2.84. The van der Waals surface area contributed by atoms with Gasteiger partial charge in [0.1, 0.15) is 4.91 Å². The fourth-order valence-corrected chi connectivity index (χ4v) is 4.71. The number of hydrogen-bond donors (Lipinski definition) is 0. The average molecular weight is 372 g/mol. The highest BCUT2D eigenvalue weighted by molar-refractivity contribution is 8.05. The third kappa shape index (κ3) is 3.05. The van der Waals surface area contributed by atoms with Crippen molar-refractivity contribution in [2.45, 2.75) is 11.3 Å². The van der Waals surface area contributed by atoms with Gasteiger partial charge >= 0.3 is 10.2 Å². The number of allylic oxidation sites excluding steroid dienone is 1. The van der Waals surface area contributed by atoms with Crippen molar-refractivity contribution in [3.8, 4) is 11.3 Å². The lowest BCUT2D eigenvalue weighted by molar-refractivity contribution is -0.588. The maximum absolute atomic E-state index is 12.8. The van der Waals surface area contributed by atoms with E-state index in [4.69, 9.17) is 0 Å². The minimum absolute atomic E-state index is 0. The van der Waals surface area contributed by atoms with Crippen LogP contribution in [0.3, 0.4) is 0 Å². The summed E-state index contributed by atoms with van der Waals surface area (Å²) >= 11 is 3.17. The molecule has 0 bridgehead atoms. The third-order valence-electron chi connectivity index (χ3n) is 3.75. The first-order valence-electron chi connectivity index (χ1n) is 7.32. The van der Waals surface area contributed by atoms with Crippen LogP contribution in [-0.2, 0) is 0 Å². The number of benzene rings is 2. The highest BCUT2D eigenvalue weighted by atomic mass is 35.5. The standard InChI is InChI=1S/C19H14NOS2.ClH/c1-13-7-9-14(10-8-13)11-17-18(21)20-16(12-22-19(20)23-17)15-5-3-2-4-6-15;/h2-12H,1H3;1H/q+1;/p-1. The van der Waals surface area contributed by atoms with E-state index in [-0.39, 0.29) is 18.3 Å². The van der Waals surface area contributed by atoms with Crippen molar-refractivity contribution in [3.05, 3.63) is 76.0 Å². The van der Waals surface area contributed by atoms with Crippen molar-refractivity contribution >= 4 is 35.1 Å². The van der Waals surface area contributed by atoms with E-state index < -0.39 is 0 Å². The smallest absolute Gasteiger partial charge is 0.433 e. The van der Waals surface area contributed by atoms with Crippen LogP contribution in [0.1, 0.15) is 15.9 Å². The molecule has 0 atom stereocenters. The lowest BCUT2D eigenvalue weighted by Gasteiger charge is -1.96. The number of aromatic nitrogens is 1. The van der Waals surface area contributed by atoms with Crippen LogP contribution in [0.4, 0.5) is 0 Å². The summed E-state index contributed by atoms with van der Waals surface area (Å²) in [7, 11) is 0. The van der Waals surface area contributed by atoms with Gasteiger partial charge in [0.05, 0.1) is 5.38 Å². The number of nitrogens with zero attached hydrogens (tertiary/aromatic N) is 1. The summed E-state index contributed by atoms with van der Waals surface area (Å²) in [4.78, 5) is 13.6. The van der Waals surface area contributed by atoms with Crippen LogP contribution in [0.15, 0.2) is 69.2 Å². The number of thioether (sulfide) groups is 1. The molecule has 1 aliphatic heterocycles. The van der Waals surface area contributed by atoms with Crippen molar-refractivity contribution < 1.29 is 21.8 Å². The van der Waals surface area contributed by atoms with E-state index in [1.54, 1.807) is 23.1 Å². The number of carbonyl (C=O) groups is 1. The van der Waals surface area contributed by atoms with Gasteiger partial charge < -0.3 is 12.4 Å². The Labute approximate surface area is 155 Å². The van der Waals surface area contributed by atoms with E-state index in [2.05, 4.69) is 24.4 Å². The highest BCUT2D eigenvalue weighted by Crippen LogP contribution is 2.37. The van der Waals surface area contributed by atoms with Gasteiger partial charge in [-0.3, -0.25) is 0 Å². The Morgan fingerprint density at radius 2 is 1.71 bits per heavy atom. The van der Waals surface area contributed by atoms with Crippen LogP contribution in [-0.4, -0.2) is 5.91 Å². The minimum atomic E-state index is 0. The topological polar surface area (TPSA) is 20.9 Å². The van der Waals surface area contributed by atoms with Gasteiger partial charge in [-0.2, -0.15) is 0 Å². The van der Waals surface area contributed by atoms with E-state index in [0.717, 1.165) is 26.1 Å². The zero-order valence-corrected chi connectivity index (χ0v) is 15.3. The molecule has 0 amide bonds. The van der Waals surface area contributed by atoms with Crippen molar-refractivity contribution in [2.24, 2.45) is 0 Å². The fraction of sp³-hybridized carbons (Fsp3) is 0.0526. The predicted octanol–water partition coefficient (Wildman–Crippen LogP) is 1.80. The molecule has 0 spiro atoms. The van der Waals surface area contributed by atoms with E-state index in [0.29, 0.717) is 0 Å². The Morgan fingerprint density at radius 1 is 1.00 bits per heavy atom. The number of thiazole rings is 1. The van der Waals surface area contributed by atoms with Crippen molar-refractivity contribution in [1.29, 1.82) is 0 Å². The van der Waals surface area contributed by atoms with Gasteiger partial charge in [0, 0.05) is 17.3 Å². The highest BCUT2D eigenvalue weighted by Gasteiger charge is 2.40. The Morgan fingerprint density at radius 3 is 2.42 bits per heavy atom. The second kappa shape index (κ2) is 6.93. The summed E-state index contributed by atoms with van der Waals surface area (Å²) in [6.45, 7) is 2.06. The number of aryl methyl sites for hydroxylation is 1. The maximum Gasteiger partial charge on any atom is 0.433 e. The van der Waals surface area contributed by atoms with Gasteiger partial charge in [-0.25, -0.2) is 4.79 Å². The molecule has 1 aliphatic rings. The molecule has 0 unspecified atom stereocenters. The first kappa shape index (κ1) is 17.0. The summed E-state index contributed by atoms with van der Waals surface area (Å²) in [6.07, 6.45) is 1.97. The van der Waals surface area contributed by atoms with Crippen molar-refractivity contribution in [1.82, 2.24) is 0 Å². The summed E-state index contributed by atoms with van der Waals surface area (Å²) in [5.41, 5.74) is 4.32. The van der Waals surface area contributed by atoms with E-state index in [9.17, 15) is 4.79 Å². The molecule has 4 rings (SSSR count). The molecule has 0 aliphatic carbocycles. The number of halogens is 1. The van der Waals surface area contributed by atoms with Crippen LogP contribution >= 0.6 is 23.1 Å². The average Bonchev–Trinajstić information content (AvgIpc) is 3.12. The van der Waals surface area contributed by atoms with Gasteiger partial charge in [0.15, 0.2) is 0 Å². The van der Waals surface area contributed by atoms with Crippen molar-refractivity contribution in [2.75, 3.05) is 0 Å². The predicted molar refractivity (Wildman–Crippen MR) is 95.6 cm³/mol. The molecular weight excluding hydrogens is 358 g/mol. The Hall–Kier alpha value is -1.88. The SMILES string of the molecule is Cc1ccc(C=C2Sc3scc(-c4ccccc4)[n+]3C2=O)cc1.[Cl-]. The van der Waals surface area contributed by atoms with E-state index in [1.807, 2.05) is 53.1 Å². The van der Waals surface area contributed by atoms with Crippen LogP contribution in [0.5, 0.6) is 0 Å². The molecule has 0 fully saturated rings. The molecule has 0 radical (unpaired) electrons. The molecule has 0 saturated carbocycles. The molecule has 5 heteroatoms. The van der Waals surface area contributed by atoms with Gasteiger partial charge in [0.25, 0.3) is 0 Å². The van der Waals surface area contributed by atoms with Gasteiger partial charge in [0.2, 0.25) is 5.69 Å². The molecule has 2 nitrogen and oxygen atoms in total. The molecule has 120 valence electrons. The summed E-state index contributed by atoms with van der Waals surface area (Å²) in [6, 6.07) is 18.3. The molecule has 2 heterocycles. The molecule has 3 aromatic rings. The lowest BCUT2D eigenvalue weighted by atomic mass is 10.1. The maximum atomic E-state index is 12.8. The first-order valence-corrected chi connectivity index (χ1v) is 9.02. The molecular formula is C19H14ClNOS2. The van der Waals surface area contributed by atoms with Gasteiger partial charge in [-0.1, -0.05) is 59.4 Å². The zero-order chi connectivity index (χ0) is 15.8. The molecule has 0 N–H and O–H groups in total. The van der Waals surface area contributed by atoms with Crippen molar-refractivity contribution in [3.63, 3.8) is 0 Å². The Balaban J connectivity index is 0.00000169. The Bertz CT molecular complexity index is 914. The molecule has 2 aromatic carbocycles. The lowest BCUT2D eigenvalue weighted by Crippen LogP contribution is -3.00. The van der Waals surface area contributed by atoms with Gasteiger partial charge in [-0.15, -0.1) is 4.57 Å². The van der Waals surface area contributed by atoms with Crippen LogP contribution in [0.25, 0.3) is 17.3 Å². The van der Waals surface area contributed by atoms with Crippen LogP contribution in [0, 0.1) is 6.92 Å². The number of fused-ring (bicyclic) bond motifs is 1. The largest absolute Gasteiger partial charge is 1.00 e. The zero-order valence-electron chi connectivity index (χ0n) is 12.9. The quantitative estimate of drug-likeness (QED) is 0.506. The fourth-order valence-electron chi connectivity index (χ4n) is 2.53. The second-order valence-corrected chi connectivity index (χ2v) is 7.56. The second-order valence-electron chi connectivity index (χ2n) is 5.41. The molecule has 1 aromatic heterocycles. The first-order chi connectivity index (χ1) is 11.2. The number of carbonyl (C=O) groups excluding carboxylic acids is 1. The van der Waals surface area contributed by atoms with Crippen LogP contribution < -0.4 is 17.0 Å². The minimum Gasteiger partial charge on any atom is -1.00 e. The normalized spacial score (nSPS) is 14.5. The monoisotopic (exact) mass is 371 g/mol. The summed E-state index contributed by atoms with van der Waals surface area (Å²) in [5, 5.41) is 2.05. The van der Waals surface area contributed by atoms with Gasteiger partial charge in [-0.05, 0) is 30.7 Å². The summed E-state index contributed by atoms with van der Waals surface area (Å²) in [5.74, 6) is 0.0608. The van der Waals surface area contributed by atoms with E-state index >= 15 is 0 Å². The number of rotatable bonds is 2.